The van der Waals surface area contributed by atoms with Crippen molar-refractivity contribution in [3.05, 3.63) is 52.5 Å². The maximum atomic E-state index is 5.81. The Morgan fingerprint density at radius 2 is 1.95 bits per heavy atom. The summed E-state index contributed by atoms with van der Waals surface area (Å²) in [7, 11) is 0. The van der Waals surface area contributed by atoms with Crippen LogP contribution in [0.4, 0.5) is 5.69 Å². The summed E-state index contributed by atoms with van der Waals surface area (Å²) in [6.07, 6.45) is 0. The molecule has 0 saturated carbocycles. The van der Waals surface area contributed by atoms with Gasteiger partial charge >= 0.3 is 0 Å². The fourth-order valence-electron chi connectivity index (χ4n) is 1.90. The van der Waals surface area contributed by atoms with Crippen LogP contribution in [0.5, 0.6) is 0 Å². The minimum Gasteiger partial charge on any atom is -0.399 e. The van der Waals surface area contributed by atoms with Crippen LogP contribution in [0.3, 0.4) is 0 Å². The van der Waals surface area contributed by atoms with Gasteiger partial charge in [-0.15, -0.1) is 0 Å². The summed E-state index contributed by atoms with van der Waals surface area (Å²) in [5.74, 6) is 1.04. The molecular weight excluding hydrogens is 318 g/mol. The molecule has 0 radical (unpaired) electrons. The third-order valence-electron chi connectivity index (χ3n) is 3.06. The van der Waals surface area contributed by atoms with Crippen LogP contribution >= 0.6 is 15.9 Å². The first-order valence-electron chi connectivity index (χ1n) is 6.10. The van der Waals surface area contributed by atoms with Gasteiger partial charge in [0.25, 0.3) is 5.89 Å². The maximum Gasteiger partial charge on any atom is 0.258 e. The van der Waals surface area contributed by atoms with Crippen LogP contribution in [0.1, 0.15) is 5.56 Å². The molecule has 5 heteroatoms. The van der Waals surface area contributed by atoms with Gasteiger partial charge in [-0.1, -0.05) is 33.2 Å². The fraction of sp³-hybridized carbons (Fsp3) is 0.0667. The fourth-order valence-corrected chi connectivity index (χ4v) is 2.36. The van der Waals surface area contributed by atoms with E-state index in [4.69, 9.17) is 10.3 Å². The number of aryl methyl sites for hydroxylation is 1. The van der Waals surface area contributed by atoms with Crippen molar-refractivity contribution in [2.24, 2.45) is 0 Å². The number of aromatic nitrogens is 2. The average Bonchev–Trinajstić information content (AvgIpc) is 2.92. The standard InChI is InChI=1S/C15H12BrN3O/c1-9-8-10(6-7-13(9)17)15-18-14(19-20-15)11-4-2-3-5-12(11)16/h2-8H,17H2,1H3. The van der Waals surface area contributed by atoms with Gasteiger partial charge < -0.3 is 10.3 Å². The van der Waals surface area contributed by atoms with E-state index in [0.29, 0.717) is 11.7 Å². The molecule has 1 heterocycles. The number of nitrogens with zero attached hydrogens (tertiary/aromatic N) is 2. The number of anilines is 1. The Kier molecular flexibility index (Phi) is 3.28. The number of nitrogen functional groups attached to an aromatic ring is 1. The van der Waals surface area contributed by atoms with Crippen molar-refractivity contribution in [1.82, 2.24) is 10.1 Å². The van der Waals surface area contributed by atoms with Gasteiger partial charge in [-0.3, -0.25) is 0 Å². The lowest BCUT2D eigenvalue weighted by atomic mass is 10.1. The summed E-state index contributed by atoms with van der Waals surface area (Å²) in [5, 5.41) is 4.03. The molecule has 100 valence electrons. The van der Waals surface area contributed by atoms with Crippen molar-refractivity contribution in [2.75, 3.05) is 5.73 Å². The van der Waals surface area contributed by atoms with Gasteiger partial charge in [0.15, 0.2) is 0 Å². The van der Waals surface area contributed by atoms with E-state index in [1.54, 1.807) is 0 Å². The molecule has 0 spiro atoms. The van der Waals surface area contributed by atoms with E-state index in [-0.39, 0.29) is 0 Å². The molecule has 0 saturated heterocycles. The Labute approximate surface area is 124 Å². The minimum atomic E-state index is 0.485. The molecule has 0 fully saturated rings. The predicted molar refractivity (Wildman–Crippen MR) is 82.0 cm³/mol. The molecule has 0 atom stereocenters. The summed E-state index contributed by atoms with van der Waals surface area (Å²) < 4.78 is 6.26. The number of nitrogens with two attached hydrogens (primary N) is 1. The van der Waals surface area contributed by atoms with E-state index >= 15 is 0 Å². The first-order chi connectivity index (χ1) is 9.65. The molecule has 0 aliphatic carbocycles. The lowest BCUT2D eigenvalue weighted by molar-refractivity contribution is 0.432. The molecule has 0 amide bonds. The third-order valence-corrected chi connectivity index (χ3v) is 3.75. The van der Waals surface area contributed by atoms with E-state index in [1.165, 1.54) is 0 Å². The normalized spacial score (nSPS) is 10.7. The van der Waals surface area contributed by atoms with Crippen LogP contribution in [0, 0.1) is 6.92 Å². The molecule has 1 aromatic heterocycles. The Bertz CT molecular complexity index is 767. The average molecular weight is 330 g/mol. The van der Waals surface area contributed by atoms with Crippen molar-refractivity contribution in [1.29, 1.82) is 0 Å². The van der Waals surface area contributed by atoms with E-state index in [1.807, 2.05) is 49.4 Å². The second-order valence-electron chi connectivity index (χ2n) is 4.47. The highest BCUT2D eigenvalue weighted by molar-refractivity contribution is 9.10. The van der Waals surface area contributed by atoms with Gasteiger partial charge in [0.2, 0.25) is 5.82 Å². The maximum absolute atomic E-state index is 5.81. The lowest BCUT2D eigenvalue weighted by Crippen LogP contribution is -1.89. The number of hydrogen-bond acceptors (Lipinski definition) is 4. The van der Waals surface area contributed by atoms with Gasteiger partial charge in [0.1, 0.15) is 0 Å². The second kappa shape index (κ2) is 5.09. The van der Waals surface area contributed by atoms with Crippen molar-refractivity contribution < 1.29 is 4.52 Å². The molecule has 0 bridgehead atoms. The Balaban J connectivity index is 2.02. The van der Waals surface area contributed by atoms with Gasteiger partial charge in [0, 0.05) is 21.3 Å². The summed E-state index contributed by atoms with van der Waals surface area (Å²) in [6.45, 7) is 1.95. The summed E-state index contributed by atoms with van der Waals surface area (Å²) in [6, 6.07) is 13.4. The quantitative estimate of drug-likeness (QED) is 0.720. The number of hydrogen-bond donors (Lipinski definition) is 1. The van der Waals surface area contributed by atoms with E-state index in [0.717, 1.165) is 26.9 Å². The predicted octanol–water partition coefficient (Wildman–Crippen LogP) is 4.06. The van der Waals surface area contributed by atoms with Gasteiger partial charge in [-0.2, -0.15) is 4.98 Å². The summed E-state index contributed by atoms with van der Waals surface area (Å²) in [5.41, 5.74) is 9.31. The van der Waals surface area contributed by atoms with Crippen molar-refractivity contribution in [2.45, 2.75) is 6.92 Å². The minimum absolute atomic E-state index is 0.485. The zero-order valence-electron chi connectivity index (χ0n) is 10.8. The first kappa shape index (κ1) is 12.9. The topological polar surface area (TPSA) is 64.9 Å². The van der Waals surface area contributed by atoms with Crippen molar-refractivity contribution in [3.63, 3.8) is 0 Å². The third kappa shape index (κ3) is 2.32. The molecule has 3 aromatic rings. The largest absolute Gasteiger partial charge is 0.399 e. The van der Waals surface area contributed by atoms with E-state index in [9.17, 15) is 0 Å². The van der Waals surface area contributed by atoms with Crippen LogP contribution in [-0.2, 0) is 0 Å². The molecule has 4 nitrogen and oxygen atoms in total. The smallest absolute Gasteiger partial charge is 0.258 e. The van der Waals surface area contributed by atoms with Crippen LogP contribution < -0.4 is 5.73 Å². The van der Waals surface area contributed by atoms with Crippen LogP contribution in [0.2, 0.25) is 0 Å². The zero-order valence-corrected chi connectivity index (χ0v) is 12.4. The molecule has 0 unspecified atom stereocenters. The van der Waals surface area contributed by atoms with Gasteiger partial charge in [-0.25, -0.2) is 0 Å². The first-order valence-corrected chi connectivity index (χ1v) is 6.89. The number of rotatable bonds is 2. The van der Waals surface area contributed by atoms with Crippen LogP contribution in [0.15, 0.2) is 51.5 Å². The highest BCUT2D eigenvalue weighted by atomic mass is 79.9. The van der Waals surface area contributed by atoms with Gasteiger partial charge in [0.05, 0.1) is 0 Å². The highest BCUT2D eigenvalue weighted by Crippen LogP contribution is 2.28. The Hall–Kier alpha value is -2.14. The number of halogens is 1. The number of benzene rings is 2. The summed E-state index contributed by atoms with van der Waals surface area (Å²) >= 11 is 3.48. The van der Waals surface area contributed by atoms with Gasteiger partial charge in [-0.05, 0) is 42.8 Å². The second-order valence-corrected chi connectivity index (χ2v) is 5.33. The van der Waals surface area contributed by atoms with E-state index < -0.39 is 0 Å². The lowest BCUT2D eigenvalue weighted by Gasteiger charge is -2.00. The van der Waals surface area contributed by atoms with Crippen LogP contribution in [-0.4, -0.2) is 10.1 Å². The SMILES string of the molecule is Cc1cc(-c2nc(-c3ccccc3Br)no2)ccc1N. The monoisotopic (exact) mass is 329 g/mol. The van der Waals surface area contributed by atoms with Crippen LogP contribution in [0.25, 0.3) is 22.8 Å². The van der Waals surface area contributed by atoms with Crippen molar-refractivity contribution in [3.8, 4) is 22.8 Å². The van der Waals surface area contributed by atoms with Crippen molar-refractivity contribution >= 4 is 21.6 Å². The molecule has 3 rings (SSSR count). The molecule has 2 N–H and O–H groups in total. The zero-order chi connectivity index (χ0) is 14.1. The summed E-state index contributed by atoms with van der Waals surface area (Å²) in [4.78, 5) is 4.43. The Morgan fingerprint density at radius 3 is 2.70 bits per heavy atom. The molecule has 2 aromatic carbocycles. The molecule has 20 heavy (non-hydrogen) atoms. The molecule has 0 aliphatic rings. The molecular formula is C15H12BrN3O. The van der Waals surface area contributed by atoms with E-state index in [2.05, 4.69) is 26.1 Å². The molecule has 0 aliphatic heterocycles. The highest BCUT2D eigenvalue weighted by Gasteiger charge is 2.13. The Morgan fingerprint density at radius 1 is 1.15 bits per heavy atom.